The standard InChI is InChI=1S/C19H26N2O4/c1-13(18(23)21-17-6-4-3-5-7-17)25-19(24)16-10-8-15(9-11-16)12-20-14(2)22/h8-11,13,17H,3-7,12H2,1-2H3,(H,20,22)(H,21,23). The van der Waals surface area contributed by atoms with Crippen LogP contribution in [-0.4, -0.2) is 29.9 Å². The van der Waals surface area contributed by atoms with Gasteiger partial charge in [0, 0.05) is 19.5 Å². The number of esters is 1. The van der Waals surface area contributed by atoms with E-state index >= 15 is 0 Å². The van der Waals surface area contributed by atoms with E-state index in [2.05, 4.69) is 10.6 Å². The van der Waals surface area contributed by atoms with Gasteiger partial charge in [-0.1, -0.05) is 31.4 Å². The lowest BCUT2D eigenvalue weighted by Crippen LogP contribution is -2.42. The van der Waals surface area contributed by atoms with E-state index in [9.17, 15) is 14.4 Å². The number of amides is 2. The van der Waals surface area contributed by atoms with E-state index in [1.54, 1.807) is 31.2 Å². The van der Waals surface area contributed by atoms with Crippen LogP contribution < -0.4 is 10.6 Å². The molecule has 0 aliphatic heterocycles. The minimum Gasteiger partial charge on any atom is -0.449 e. The number of hydrogen-bond acceptors (Lipinski definition) is 4. The number of carbonyl (C=O) groups excluding carboxylic acids is 3. The van der Waals surface area contributed by atoms with Crippen LogP contribution in [0.1, 0.15) is 61.9 Å². The second-order valence-corrected chi connectivity index (χ2v) is 6.50. The van der Waals surface area contributed by atoms with Crippen molar-refractivity contribution in [3.63, 3.8) is 0 Å². The summed E-state index contributed by atoms with van der Waals surface area (Å²) in [5.41, 5.74) is 1.26. The summed E-state index contributed by atoms with van der Waals surface area (Å²) < 4.78 is 5.26. The van der Waals surface area contributed by atoms with Gasteiger partial charge in [-0.3, -0.25) is 9.59 Å². The Morgan fingerprint density at radius 1 is 1.12 bits per heavy atom. The molecule has 6 nitrogen and oxygen atoms in total. The van der Waals surface area contributed by atoms with E-state index in [4.69, 9.17) is 4.74 Å². The monoisotopic (exact) mass is 346 g/mol. The van der Waals surface area contributed by atoms with Crippen molar-refractivity contribution in [2.45, 2.75) is 64.6 Å². The van der Waals surface area contributed by atoms with Crippen LogP contribution in [0, 0.1) is 0 Å². The van der Waals surface area contributed by atoms with E-state index in [0.29, 0.717) is 12.1 Å². The molecule has 0 radical (unpaired) electrons. The summed E-state index contributed by atoms with van der Waals surface area (Å²) in [6.45, 7) is 3.44. The summed E-state index contributed by atoms with van der Waals surface area (Å²) in [5, 5.41) is 5.64. The molecular weight excluding hydrogens is 320 g/mol. The number of rotatable bonds is 6. The van der Waals surface area contributed by atoms with Crippen LogP contribution in [0.15, 0.2) is 24.3 Å². The number of carbonyl (C=O) groups is 3. The molecule has 136 valence electrons. The highest BCUT2D eigenvalue weighted by molar-refractivity contribution is 5.92. The molecule has 0 bridgehead atoms. The number of hydrogen-bond donors (Lipinski definition) is 2. The maximum absolute atomic E-state index is 12.2. The highest BCUT2D eigenvalue weighted by Gasteiger charge is 2.22. The molecule has 2 N–H and O–H groups in total. The molecule has 2 amide bonds. The molecule has 2 rings (SSSR count). The fourth-order valence-corrected chi connectivity index (χ4v) is 2.83. The third-order valence-corrected chi connectivity index (χ3v) is 4.34. The van der Waals surface area contributed by atoms with Crippen molar-refractivity contribution in [1.29, 1.82) is 0 Å². The largest absolute Gasteiger partial charge is 0.449 e. The van der Waals surface area contributed by atoms with E-state index < -0.39 is 12.1 Å². The van der Waals surface area contributed by atoms with Gasteiger partial charge in [-0.05, 0) is 37.5 Å². The zero-order chi connectivity index (χ0) is 18.2. The van der Waals surface area contributed by atoms with Crippen molar-refractivity contribution in [3.05, 3.63) is 35.4 Å². The van der Waals surface area contributed by atoms with Crippen LogP contribution in [-0.2, 0) is 20.9 Å². The molecule has 1 saturated carbocycles. The van der Waals surface area contributed by atoms with Crippen molar-refractivity contribution >= 4 is 17.8 Å². The van der Waals surface area contributed by atoms with Gasteiger partial charge in [-0.25, -0.2) is 4.79 Å². The molecule has 1 aliphatic carbocycles. The molecule has 0 aromatic heterocycles. The van der Waals surface area contributed by atoms with E-state index in [-0.39, 0.29) is 17.9 Å². The zero-order valence-electron chi connectivity index (χ0n) is 14.8. The second kappa shape index (κ2) is 9.20. The van der Waals surface area contributed by atoms with Crippen LogP contribution >= 0.6 is 0 Å². The van der Waals surface area contributed by atoms with Crippen LogP contribution in [0.5, 0.6) is 0 Å². The molecule has 0 saturated heterocycles. The zero-order valence-corrected chi connectivity index (χ0v) is 14.8. The molecule has 1 unspecified atom stereocenters. The Morgan fingerprint density at radius 2 is 1.76 bits per heavy atom. The van der Waals surface area contributed by atoms with Crippen molar-refractivity contribution in [3.8, 4) is 0 Å². The molecule has 0 heterocycles. The first-order valence-electron chi connectivity index (χ1n) is 8.80. The molecule has 25 heavy (non-hydrogen) atoms. The van der Waals surface area contributed by atoms with E-state index in [0.717, 1.165) is 31.2 Å². The molecule has 1 aromatic carbocycles. The first-order chi connectivity index (χ1) is 12.0. The van der Waals surface area contributed by atoms with Gasteiger partial charge in [0.15, 0.2) is 6.10 Å². The second-order valence-electron chi connectivity index (χ2n) is 6.50. The fourth-order valence-electron chi connectivity index (χ4n) is 2.83. The smallest absolute Gasteiger partial charge is 0.338 e. The maximum atomic E-state index is 12.2. The van der Waals surface area contributed by atoms with Gasteiger partial charge in [-0.2, -0.15) is 0 Å². The molecule has 1 aliphatic rings. The predicted molar refractivity (Wildman–Crippen MR) is 93.9 cm³/mol. The quantitative estimate of drug-likeness (QED) is 0.774. The lowest BCUT2D eigenvalue weighted by Gasteiger charge is -2.24. The van der Waals surface area contributed by atoms with Gasteiger partial charge >= 0.3 is 5.97 Å². The van der Waals surface area contributed by atoms with Gasteiger partial charge in [0.25, 0.3) is 5.91 Å². The van der Waals surface area contributed by atoms with Gasteiger partial charge in [0.2, 0.25) is 5.91 Å². The highest BCUT2D eigenvalue weighted by Crippen LogP contribution is 2.17. The first kappa shape index (κ1) is 19.0. The summed E-state index contributed by atoms with van der Waals surface area (Å²) >= 11 is 0. The highest BCUT2D eigenvalue weighted by atomic mass is 16.5. The minimum atomic E-state index is -0.825. The maximum Gasteiger partial charge on any atom is 0.338 e. The Morgan fingerprint density at radius 3 is 2.36 bits per heavy atom. The molecule has 1 atom stereocenters. The summed E-state index contributed by atoms with van der Waals surface area (Å²) in [6.07, 6.45) is 4.63. The molecular formula is C19H26N2O4. The Labute approximate surface area is 148 Å². The first-order valence-corrected chi connectivity index (χ1v) is 8.80. The van der Waals surface area contributed by atoms with Crippen molar-refractivity contribution in [2.75, 3.05) is 0 Å². The van der Waals surface area contributed by atoms with Crippen molar-refractivity contribution in [1.82, 2.24) is 10.6 Å². The van der Waals surface area contributed by atoms with E-state index in [1.165, 1.54) is 13.3 Å². The van der Waals surface area contributed by atoms with Gasteiger partial charge in [0.1, 0.15) is 0 Å². The third kappa shape index (κ3) is 6.21. The average Bonchev–Trinajstić information content (AvgIpc) is 2.61. The Bertz CT molecular complexity index is 606. The van der Waals surface area contributed by atoms with Crippen LogP contribution in [0.3, 0.4) is 0 Å². The lowest BCUT2D eigenvalue weighted by atomic mass is 9.95. The summed E-state index contributed by atoms with van der Waals surface area (Å²) in [4.78, 5) is 35.2. The predicted octanol–water partition coefficient (Wildman–Crippen LogP) is 2.32. The van der Waals surface area contributed by atoms with E-state index in [1.807, 2.05) is 0 Å². The Balaban J connectivity index is 1.83. The SMILES string of the molecule is CC(=O)NCc1ccc(C(=O)OC(C)C(=O)NC2CCCCC2)cc1. The molecule has 1 fully saturated rings. The molecule has 6 heteroatoms. The lowest BCUT2D eigenvalue weighted by molar-refractivity contribution is -0.130. The Kier molecular flexibility index (Phi) is 6.98. The summed E-state index contributed by atoms with van der Waals surface area (Å²) in [6, 6.07) is 6.95. The average molecular weight is 346 g/mol. The number of ether oxygens (including phenoxy) is 1. The van der Waals surface area contributed by atoms with Crippen LogP contribution in [0.2, 0.25) is 0 Å². The summed E-state index contributed by atoms with van der Waals surface area (Å²) in [5.74, 6) is -0.888. The van der Waals surface area contributed by atoms with Crippen LogP contribution in [0.4, 0.5) is 0 Å². The van der Waals surface area contributed by atoms with Gasteiger partial charge < -0.3 is 15.4 Å². The molecule has 0 spiro atoms. The topological polar surface area (TPSA) is 84.5 Å². The number of benzene rings is 1. The Hall–Kier alpha value is -2.37. The molecule has 1 aromatic rings. The van der Waals surface area contributed by atoms with Crippen molar-refractivity contribution < 1.29 is 19.1 Å². The minimum absolute atomic E-state index is 0.110. The van der Waals surface area contributed by atoms with Crippen LogP contribution in [0.25, 0.3) is 0 Å². The summed E-state index contributed by atoms with van der Waals surface area (Å²) in [7, 11) is 0. The third-order valence-electron chi connectivity index (χ3n) is 4.34. The van der Waals surface area contributed by atoms with Gasteiger partial charge in [0.05, 0.1) is 5.56 Å². The normalized spacial score (nSPS) is 15.9. The van der Waals surface area contributed by atoms with Gasteiger partial charge in [-0.15, -0.1) is 0 Å². The fraction of sp³-hybridized carbons (Fsp3) is 0.526. The van der Waals surface area contributed by atoms with Crippen molar-refractivity contribution in [2.24, 2.45) is 0 Å². The number of nitrogens with one attached hydrogen (secondary N) is 2.